The van der Waals surface area contributed by atoms with Gasteiger partial charge in [-0.3, -0.25) is 4.90 Å². The fraction of sp³-hybridized carbons (Fsp3) is 0.314. The topological polar surface area (TPSA) is 105 Å². The van der Waals surface area contributed by atoms with Crippen molar-refractivity contribution in [3.05, 3.63) is 94.3 Å². The number of carbonyl (C=O) groups is 2. The van der Waals surface area contributed by atoms with Crippen molar-refractivity contribution in [3.63, 3.8) is 0 Å². The summed E-state index contributed by atoms with van der Waals surface area (Å²) in [4.78, 5) is 36.5. The van der Waals surface area contributed by atoms with Crippen LogP contribution >= 0.6 is 0 Å². The van der Waals surface area contributed by atoms with Crippen LogP contribution in [0.15, 0.2) is 60.8 Å². The van der Waals surface area contributed by atoms with Crippen LogP contribution in [0, 0.1) is 6.92 Å². The number of nitrogens with zero attached hydrogens (tertiary/aromatic N) is 4. The van der Waals surface area contributed by atoms with Crippen molar-refractivity contribution < 1.29 is 54.9 Å². The second-order valence-corrected chi connectivity index (χ2v) is 12.3. The molecule has 0 saturated carbocycles. The second-order valence-electron chi connectivity index (χ2n) is 12.3. The zero-order chi connectivity index (χ0) is 37.0. The third kappa shape index (κ3) is 6.99. The molecule has 2 fully saturated rings. The number of carboxylic acids is 1. The fourth-order valence-electron chi connectivity index (χ4n) is 6.16. The molecule has 1 aromatic heterocycles. The Morgan fingerprint density at radius 1 is 0.961 bits per heavy atom. The third-order valence-corrected chi connectivity index (χ3v) is 8.90. The average molecular weight is 719 g/mol. The Morgan fingerprint density at radius 3 is 2.20 bits per heavy atom. The van der Waals surface area contributed by atoms with Crippen LogP contribution < -0.4 is 9.64 Å². The number of carbonyl (C=O) groups excluding carboxylic acids is 1. The van der Waals surface area contributed by atoms with Crippen LogP contribution in [0.1, 0.15) is 51.3 Å². The van der Waals surface area contributed by atoms with E-state index in [1.54, 1.807) is 36.1 Å². The molecule has 2 aliphatic heterocycles. The van der Waals surface area contributed by atoms with Crippen molar-refractivity contribution in [2.45, 2.75) is 51.1 Å². The number of hydrogen-bond donors (Lipinski definition) is 1. The first-order chi connectivity index (χ1) is 23.9. The zero-order valence-corrected chi connectivity index (χ0v) is 27.1. The molecular formula is C35H29F7N4O5. The lowest BCUT2D eigenvalue weighted by atomic mass is 9.94. The Bertz CT molecular complexity index is 1980. The standard InChI is InChI=1S/C35H29F7N4O5/c1-17-8-20(31(47)48)4-6-25(17)19-5-7-29(50-3)26(11-19)27-13-43-32(45-14-24(36)15-45)44-28(27)16-46-18(2)30(51-33(46)49)21-9-22(34(37,38)39)12-23(10-21)35(40,41)42/h4-13,18,24,30H,14-16H2,1-3H3,(H,47,48)/t18-,30-/m0/s1. The lowest BCUT2D eigenvalue weighted by Gasteiger charge is -2.34. The van der Waals surface area contributed by atoms with Gasteiger partial charge in [0, 0.05) is 17.3 Å². The molecule has 2 aliphatic rings. The number of ether oxygens (including phenoxy) is 2. The second kappa shape index (κ2) is 13.0. The highest BCUT2D eigenvalue weighted by Gasteiger charge is 2.44. The highest BCUT2D eigenvalue weighted by Crippen LogP contribution is 2.42. The van der Waals surface area contributed by atoms with Gasteiger partial charge in [-0.1, -0.05) is 12.1 Å². The van der Waals surface area contributed by atoms with Crippen molar-refractivity contribution in [2.24, 2.45) is 0 Å². The summed E-state index contributed by atoms with van der Waals surface area (Å²) in [5.74, 6) is -0.584. The van der Waals surface area contributed by atoms with Crippen molar-refractivity contribution in [1.29, 1.82) is 0 Å². The predicted molar refractivity (Wildman–Crippen MR) is 169 cm³/mol. The van der Waals surface area contributed by atoms with E-state index < -0.39 is 59.4 Å². The minimum Gasteiger partial charge on any atom is -0.496 e. The highest BCUT2D eigenvalue weighted by atomic mass is 19.4. The number of aryl methyl sites for hydroxylation is 1. The van der Waals surface area contributed by atoms with Crippen LogP contribution in [0.3, 0.4) is 0 Å². The Balaban J connectivity index is 1.41. The van der Waals surface area contributed by atoms with Gasteiger partial charge < -0.3 is 19.5 Å². The first-order valence-corrected chi connectivity index (χ1v) is 15.5. The van der Waals surface area contributed by atoms with Gasteiger partial charge in [-0.05, 0) is 78.6 Å². The third-order valence-electron chi connectivity index (χ3n) is 8.90. The molecular weight excluding hydrogens is 689 g/mol. The van der Waals surface area contributed by atoms with E-state index in [2.05, 4.69) is 9.97 Å². The maximum absolute atomic E-state index is 13.8. The molecule has 268 valence electrons. The van der Waals surface area contributed by atoms with E-state index in [1.165, 1.54) is 32.4 Å². The number of benzene rings is 3. The van der Waals surface area contributed by atoms with Crippen LogP contribution in [-0.4, -0.2) is 64.4 Å². The normalized spacial score (nSPS) is 18.1. The Labute approximate surface area is 286 Å². The van der Waals surface area contributed by atoms with Gasteiger partial charge in [0.1, 0.15) is 18.0 Å². The summed E-state index contributed by atoms with van der Waals surface area (Å²) in [6, 6.07) is 9.82. The van der Waals surface area contributed by atoms with Gasteiger partial charge in [0.25, 0.3) is 0 Å². The molecule has 0 aliphatic carbocycles. The zero-order valence-electron chi connectivity index (χ0n) is 27.1. The van der Waals surface area contributed by atoms with E-state index >= 15 is 0 Å². The van der Waals surface area contributed by atoms with E-state index in [0.29, 0.717) is 45.7 Å². The van der Waals surface area contributed by atoms with Crippen molar-refractivity contribution in [3.8, 4) is 28.0 Å². The first kappa shape index (κ1) is 35.4. The smallest absolute Gasteiger partial charge is 0.416 e. The summed E-state index contributed by atoms with van der Waals surface area (Å²) in [5.41, 5.74) is -0.422. The number of amides is 1. The van der Waals surface area contributed by atoms with Crippen LogP contribution in [0.5, 0.6) is 5.75 Å². The molecule has 0 unspecified atom stereocenters. The summed E-state index contributed by atoms with van der Waals surface area (Å²) in [7, 11) is 1.43. The van der Waals surface area contributed by atoms with E-state index in [4.69, 9.17) is 9.47 Å². The minimum absolute atomic E-state index is 0.00131. The van der Waals surface area contributed by atoms with Gasteiger partial charge in [0.05, 0.1) is 55.2 Å². The van der Waals surface area contributed by atoms with Gasteiger partial charge in [-0.25, -0.2) is 23.9 Å². The van der Waals surface area contributed by atoms with Gasteiger partial charge in [0.2, 0.25) is 5.95 Å². The van der Waals surface area contributed by atoms with Gasteiger partial charge in [0.15, 0.2) is 0 Å². The number of alkyl halides is 7. The molecule has 4 aromatic rings. The summed E-state index contributed by atoms with van der Waals surface area (Å²) in [6.07, 6.45) is -12.4. The number of carboxylic acid groups (broad SMARTS) is 1. The molecule has 0 bridgehead atoms. The number of cyclic esters (lactones) is 1. The van der Waals surface area contributed by atoms with Gasteiger partial charge >= 0.3 is 24.4 Å². The molecule has 51 heavy (non-hydrogen) atoms. The Kier molecular flexibility index (Phi) is 9.06. The van der Waals surface area contributed by atoms with E-state index in [0.717, 1.165) is 4.90 Å². The van der Waals surface area contributed by atoms with Crippen molar-refractivity contribution in [1.82, 2.24) is 14.9 Å². The van der Waals surface area contributed by atoms with E-state index in [-0.39, 0.29) is 42.9 Å². The summed E-state index contributed by atoms with van der Waals surface area (Å²) < 4.78 is 107. The largest absolute Gasteiger partial charge is 0.496 e. The van der Waals surface area contributed by atoms with Gasteiger partial charge in [-0.2, -0.15) is 26.3 Å². The van der Waals surface area contributed by atoms with E-state index in [1.807, 2.05) is 0 Å². The van der Waals surface area contributed by atoms with Crippen LogP contribution in [0.4, 0.5) is 41.5 Å². The molecule has 1 N–H and O–H groups in total. The quantitative estimate of drug-likeness (QED) is 0.182. The average Bonchev–Trinajstić information content (AvgIpc) is 3.34. The number of hydrogen-bond acceptors (Lipinski definition) is 7. The first-order valence-electron chi connectivity index (χ1n) is 15.5. The van der Waals surface area contributed by atoms with Crippen LogP contribution in [0.2, 0.25) is 0 Å². The number of anilines is 1. The fourth-order valence-corrected chi connectivity index (χ4v) is 6.16. The van der Waals surface area contributed by atoms with E-state index in [9.17, 15) is 45.4 Å². The van der Waals surface area contributed by atoms with Crippen molar-refractivity contribution in [2.75, 3.05) is 25.1 Å². The number of halogens is 7. The number of aromatic carboxylic acids is 1. The van der Waals surface area contributed by atoms with Crippen molar-refractivity contribution >= 4 is 18.0 Å². The maximum atomic E-state index is 13.8. The molecule has 9 nitrogen and oxygen atoms in total. The highest BCUT2D eigenvalue weighted by molar-refractivity contribution is 5.89. The molecule has 1 amide bonds. The van der Waals surface area contributed by atoms with Gasteiger partial charge in [-0.15, -0.1) is 0 Å². The maximum Gasteiger partial charge on any atom is 0.416 e. The Morgan fingerprint density at radius 2 is 1.63 bits per heavy atom. The molecule has 0 radical (unpaired) electrons. The SMILES string of the molecule is COc1ccc(-c2ccc(C(=O)O)cc2C)cc1-c1cnc(N2CC(F)C2)nc1CN1C(=O)O[C@H](c2cc(C(F)(F)F)cc(C(F)(F)F)c2)[C@@H]1C. The predicted octanol–water partition coefficient (Wildman–Crippen LogP) is 8.10. The number of aromatic nitrogens is 2. The summed E-state index contributed by atoms with van der Waals surface area (Å²) in [6.45, 7) is 2.89. The molecule has 3 aromatic carbocycles. The molecule has 0 spiro atoms. The minimum atomic E-state index is -5.10. The number of rotatable bonds is 8. The molecule has 3 heterocycles. The lowest BCUT2D eigenvalue weighted by Crippen LogP contribution is -2.49. The monoisotopic (exact) mass is 718 g/mol. The van der Waals surface area contributed by atoms with Crippen LogP contribution in [0.25, 0.3) is 22.3 Å². The number of methoxy groups -OCH3 is 1. The summed E-state index contributed by atoms with van der Waals surface area (Å²) >= 11 is 0. The lowest BCUT2D eigenvalue weighted by molar-refractivity contribution is -0.143. The molecule has 2 saturated heterocycles. The van der Waals surface area contributed by atoms with Crippen LogP contribution in [-0.2, 0) is 23.6 Å². The molecule has 16 heteroatoms. The summed E-state index contributed by atoms with van der Waals surface area (Å²) in [5, 5.41) is 9.40. The molecule has 2 atom stereocenters. The Hall–Kier alpha value is -5.41. The molecule has 6 rings (SSSR count).